The molecule has 0 unspecified atom stereocenters. The van der Waals surface area contributed by atoms with Crippen molar-refractivity contribution < 1.29 is 12.8 Å². The second-order valence-corrected chi connectivity index (χ2v) is 6.81. The van der Waals surface area contributed by atoms with Gasteiger partial charge in [-0.05, 0) is 51.8 Å². The number of benzene rings is 2. The molecule has 2 aromatic carbocycles. The molecule has 0 bridgehead atoms. The van der Waals surface area contributed by atoms with Gasteiger partial charge in [-0.3, -0.25) is 4.72 Å². The van der Waals surface area contributed by atoms with Crippen molar-refractivity contribution in [1.82, 2.24) is 0 Å². The van der Waals surface area contributed by atoms with Crippen molar-refractivity contribution in [2.24, 2.45) is 0 Å². The zero-order chi connectivity index (χ0) is 14.8. The Hall–Kier alpha value is -1.60. The molecule has 0 spiro atoms. The minimum Gasteiger partial charge on any atom is -0.399 e. The van der Waals surface area contributed by atoms with Gasteiger partial charge in [-0.15, -0.1) is 0 Å². The zero-order valence-electron chi connectivity index (χ0n) is 10.3. The second kappa shape index (κ2) is 5.80. The van der Waals surface area contributed by atoms with Crippen LogP contribution in [0.4, 0.5) is 15.8 Å². The Morgan fingerprint density at radius 1 is 1.20 bits per heavy atom. The van der Waals surface area contributed by atoms with Gasteiger partial charge in [0, 0.05) is 11.4 Å². The summed E-state index contributed by atoms with van der Waals surface area (Å²) in [6.45, 7) is 0. The van der Waals surface area contributed by atoms with Crippen molar-refractivity contribution in [3.8, 4) is 0 Å². The molecule has 0 radical (unpaired) electrons. The molecule has 0 amide bonds. The van der Waals surface area contributed by atoms with E-state index in [1.54, 1.807) is 24.3 Å². The molecule has 0 saturated carbocycles. The van der Waals surface area contributed by atoms with E-state index in [1.165, 1.54) is 18.2 Å². The quantitative estimate of drug-likeness (QED) is 0.824. The summed E-state index contributed by atoms with van der Waals surface area (Å²) in [5.74, 6) is -0.656. The zero-order valence-corrected chi connectivity index (χ0v) is 12.7. The number of rotatable bonds is 4. The van der Waals surface area contributed by atoms with Gasteiger partial charge in [0.05, 0.1) is 10.2 Å². The first-order valence-electron chi connectivity index (χ1n) is 5.66. The van der Waals surface area contributed by atoms with Gasteiger partial charge in [-0.1, -0.05) is 12.1 Å². The van der Waals surface area contributed by atoms with E-state index in [9.17, 15) is 12.8 Å². The molecule has 0 aromatic heterocycles. The highest BCUT2D eigenvalue weighted by Crippen LogP contribution is 2.21. The van der Waals surface area contributed by atoms with Crippen LogP contribution in [0.3, 0.4) is 0 Å². The molecule has 0 heterocycles. The lowest BCUT2D eigenvalue weighted by molar-refractivity contribution is 0.600. The third-order valence-corrected chi connectivity index (χ3v) is 4.37. The summed E-state index contributed by atoms with van der Waals surface area (Å²) < 4.78 is 39.7. The van der Waals surface area contributed by atoms with Gasteiger partial charge in [0.1, 0.15) is 5.82 Å². The predicted molar refractivity (Wildman–Crippen MR) is 81.2 cm³/mol. The number of hydrogen-bond acceptors (Lipinski definition) is 3. The van der Waals surface area contributed by atoms with Crippen LogP contribution in [-0.4, -0.2) is 8.42 Å². The third kappa shape index (κ3) is 3.94. The largest absolute Gasteiger partial charge is 0.399 e. The van der Waals surface area contributed by atoms with Crippen molar-refractivity contribution in [3.63, 3.8) is 0 Å². The van der Waals surface area contributed by atoms with Crippen molar-refractivity contribution >= 4 is 37.3 Å². The van der Waals surface area contributed by atoms with Gasteiger partial charge in [0.25, 0.3) is 0 Å². The summed E-state index contributed by atoms with van der Waals surface area (Å²) in [6.07, 6.45) is 0. The van der Waals surface area contributed by atoms with Crippen LogP contribution in [0.15, 0.2) is 46.9 Å². The first-order valence-corrected chi connectivity index (χ1v) is 8.10. The Morgan fingerprint density at radius 2 is 1.95 bits per heavy atom. The van der Waals surface area contributed by atoms with Crippen LogP contribution in [0, 0.1) is 5.82 Å². The van der Waals surface area contributed by atoms with Gasteiger partial charge < -0.3 is 5.73 Å². The molecular formula is C13H12BrFN2O2S. The molecule has 2 aromatic rings. The van der Waals surface area contributed by atoms with Crippen LogP contribution in [0.5, 0.6) is 0 Å². The average molecular weight is 359 g/mol. The smallest absolute Gasteiger partial charge is 0.236 e. The molecule has 0 aliphatic carbocycles. The van der Waals surface area contributed by atoms with Crippen molar-refractivity contribution in [3.05, 3.63) is 58.3 Å². The van der Waals surface area contributed by atoms with Crippen LogP contribution in [0.2, 0.25) is 0 Å². The number of anilines is 2. The number of nitrogen functional groups attached to an aromatic ring is 1. The molecule has 4 nitrogen and oxygen atoms in total. The van der Waals surface area contributed by atoms with Gasteiger partial charge >= 0.3 is 0 Å². The Bertz CT molecular complexity index is 735. The average Bonchev–Trinajstić information content (AvgIpc) is 2.33. The number of hydrogen-bond donors (Lipinski definition) is 2. The van der Waals surface area contributed by atoms with E-state index in [0.29, 0.717) is 16.9 Å². The summed E-state index contributed by atoms with van der Waals surface area (Å²) in [5.41, 5.74) is 6.98. The van der Waals surface area contributed by atoms with E-state index < -0.39 is 15.8 Å². The normalized spacial score (nSPS) is 11.3. The highest BCUT2D eigenvalue weighted by atomic mass is 79.9. The maximum atomic E-state index is 13.1. The maximum absolute atomic E-state index is 13.1. The number of sulfonamides is 1. The monoisotopic (exact) mass is 358 g/mol. The molecular weight excluding hydrogens is 347 g/mol. The summed E-state index contributed by atoms with van der Waals surface area (Å²) in [7, 11) is -3.58. The lowest BCUT2D eigenvalue weighted by Gasteiger charge is -2.09. The van der Waals surface area contributed by atoms with Crippen LogP contribution >= 0.6 is 15.9 Å². The van der Waals surface area contributed by atoms with E-state index in [2.05, 4.69) is 20.7 Å². The molecule has 0 aliphatic heterocycles. The van der Waals surface area contributed by atoms with Gasteiger partial charge in [0.15, 0.2) is 0 Å². The molecule has 0 atom stereocenters. The fraction of sp³-hybridized carbons (Fsp3) is 0.0769. The lowest BCUT2D eigenvalue weighted by Crippen LogP contribution is -2.15. The molecule has 0 saturated heterocycles. The Labute approximate surface area is 125 Å². The van der Waals surface area contributed by atoms with E-state index in [0.717, 1.165) is 0 Å². The minimum absolute atomic E-state index is 0.196. The van der Waals surface area contributed by atoms with E-state index in [4.69, 9.17) is 5.73 Å². The van der Waals surface area contributed by atoms with E-state index in [-0.39, 0.29) is 10.2 Å². The summed E-state index contributed by atoms with van der Waals surface area (Å²) in [6, 6.07) is 10.6. The van der Waals surface area contributed by atoms with Gasteiger partial charge in [-0.2, -0.15) is 0 Å². The van der Waals surface area contributed by atoms with Crippen LogP contribution < -0.4 is 10.5 Å². The first kappa shape index (κ1) is 14.8. The van der Waals surface area contributed by atoms with Crippen LogP contribution in [-0.2, 0) is 15.8 Å². The maximum Gasteiger partial charge on any atom is 0.236 e. The van der Waals surface area contributed by atoms with Crippen LogP contribution in [0.25, 0.3) is 0 Å². The molecule has 2 rings (SSSR count). The van der Waals surface area contributed by atoms with Crippen molar-refractivity contribution in [1.29, 1.82) is 0 Å². The highest BCUT2D eigenvalue weighted by Gasteiger charge is 2.13. The number of nitrogens with one attached hydrogen (secondary N) is 1. The molecule has 3 N–H and O–H groups in total. The predicted octanol–water partition coefficient (Wildman–Crippen LogP) is 3.11. The molecule has 0 fully saturated rings. The topological polar surface area (TPSA) is 72.2 Å². The third-order valence-electron chi connectivity index (χ3n) is 2.50. The fourth-order valence-electron chi connectivity index (χ4n) is 1.68. The SMILES string of the molecule is Nc1cccc(CS(=O)(=O)Nc2ccc(F)c(Br)c2)c1. The lowest BCUT2D eigenvalue weighted by atomic mass is 10.2. The van der Waals surface area contributed by atoms with Gasteiger partial charge in [-0.25, -0.2) is 12.8 Å². The summed E-state index contributed by atoms with van der Waals surface area (Å²) >= 11 is 3.00. The molecule has 7 heteroatoms. The summed E-state index contributed by atoms with van der Waals surface area (Å²) in [4.78, 5) is 0. The molecule has 20 heavy (non-hydrogen) atoms. The summed E-state index contributed by atoms with van der Waals surface area (Å²) in [5, 5.41) is 0. The Balaban J connectivity index is 2.17. The number of nitrogens with two attached hydrogens (primary N) is 1. The van der Waals surface area contributed by atoms with E-state index >= 15 is 0 Å². The molecule has 0 aliphatic rings. The van der Waals surface area contributed by atoms with E-state index in [1.807, 2.05) is 0 Å². The van der Waals surface area contributed by atoms with Gasteiger partial charge in [0.2, 0.25) is 10.0 Å². The van der Waals surface area contributed by atoms with Crippen molar-refractivity contribution in [2.75, 3.05) is 10.5 Å². The first-order chi connectivity index (χ1) is 9.35. The fourth-order valence-corrected chi connectivity index (χ4v) is 3.23. The Morgan fingerprint density at radius 3 is 2.60 bits per heavy atom. The Kier molecular flexibility index (Phi) is 4.29. The van der Waals surface area contributed by atoms with Crippen LogP contribution in [0.1, 0.15) is 5.56 Å². The molecule has 106 valence electrons. The standard InChI is InChI=1S/C13H12BrFN2O2S/c14-12-7-11(4-5-13(12)15)17-20(18,19)8-9-2-1-3-10(16)6-9/h1-7,17H,8,16H2. The van der Waals surface area contributed by atoms with Crippen molar-refractivity contribution in [2.45, 2.75) is 5.75 Å². The minimum atomic E-state index is -3.58. The number of halogens is 2. The highest BCUT2D eigenvalue weighted by molar-refractivity contribution is 9.10. The second-order valence-electron chi connectivity index (χ2n) is 4.24.